The van der Waals surface area contributed by atoms with Crippen molar-refractivity contribution >= 4 is 23.0 Å². The lowest BCUT2D eigenvalue weighted by Gasteiger charge is -2.07. The number of hydrogen-bond acceptors (Lipinski definition) is 6. The predicted molar refractivity (Wildman–Crippen MR) is 60.6 cm³/mol. The summed E-state index contributed by atoms with van der Waals surface area (Å²) < 4.78 is 0. The van der Waals surface area contributed by atoms with Gasteiger partial charge >= 0.3 is 0 Å². The Morgan fingerprint density at radius 2 is 2.27 bits per heavy atom. The van der Waals surface area contributed by atoms with Crippen LogP contribution >= 0.6 is 11.3 Å². The maximum atomic E-state index is 5.66. The molecule has 6 heteroatoms. The van der Waals surface area contributed by atoms with E-state index < -0.39 is 0 Å². The minimum atomic E-state index is 0.505. The Morgan fingerprint density at radius 1 is 1.40 bits per heavy atom. The molecule has 5 nitrogen and oxygen atoms in total. The van der Waals surface area contributed by atoms with E-state index in [1.54, 1.807) is 16.8 Å². The summed E-state index contributed by atoms with van der Waals surface area (Å²) in [6, 6.07) is 0. The summed E-state index contributed by atoms with van der Waals surface area (Å²) in [6.45, 7) is 2.54. The molecule has 2 rings (SSSR count). The van der Waals surface area contributed by atoms with Crippen molar-refractivity contribution in [3.63, 3.8) is 0 Å². The zero-order chi connectivity index (χ0) is 10.7. The molecule has 3 N–H and O–H groups in total. The maximum Gasteiger partial charge on any atom is 0.134 e. The van der Waals surface area contributed by atoms with Crippen molar-refractivity contribution in [2.24, 2.45) is 0 Å². The molecule has 0 aliphatic carbocycles. The topological polar surface area (TPSA) is 76.7 Å². The van der Waals surface area contributed by atoms with Crippen molar-refractivity contribution in [3.05, 3.63) is 28.5 Å². The van der Waals surface area contributed by atoms with Gasteiger partial charge in [0.05, 0.1) is 17.7 Å². The number of hydrogen-bond donors (Lipinski definition) is 2. The summed E-state index contributed by atoms with van der Waals surface area (Å²) in [6.07, 6.45) is 1.45. The number of thiazole rings is 1. The number of nitrogens with zero attached hydrogens (tertiary/aromatic N) is 3. The van der Waals surface area contributed by atoms with Gasteiger partial charge in [-0.25, -0.2) is 15.0 Å². The normalized spacial score (nSPS) is 10.2. The highest BCUT2D eigenvalue weighted by molar-refractivity contribution is 7.07. The number of anilines is 2. The van der Waals surface area contributed by atoms with Crippen LogP contribution in [-0.4, -0.2) is 15.0 Å². The van der Waals surface area contributed by atoms with Crippen LogP contribution in [0.2, 0.25) is 0 Å². The summed E-state index contributed by atoms with van der Waals surface area (Å²) in [5.41, 5.74) is 9.33. The molecular weight excluding hydrogens is 210 g/mol. The van der Waals surface area contributed by atoms with Gasteiger partial charge in [-0.2, -0.15) is 0 Å². The monoisotopic (exact) mass is 221 g/mol. The number of aromatic nitrogens is 3. The third-order valence-electron chi connectivity index (χ3n) is 2.04. The first kappa shape index (κ1) is 9.85. The number of nitrogens with two attached hydrogens (primary N) is 1. The van der Waals surface area contributed by atoms with Crippen LogP contribution in [0.1, 0.15) is 11.3 Å². The number of nitrogens with one attached hydrogen (secondary N) is 1. The number of nitrogen functional groups attached to an aromatic ring is 1. The molecule has 2 aromatic rings. The molecule has 0 unspecified atom stereocenters. The molecule has 0 spiro atoms. The Morgan fingerprint density at radius 3 is 3.00 bits per heavy atom. The fourth-order valence-electron chi connectivity index (χ4n) is 1.14. The van der Waals surface area contributed by atoms with Crippen molar-refractivity contribution in [2.45, 2.75) is 13.5 Å². The molecule has 2 heterocycles. The molecule has 0 radical (unpaired) electrons. The maximum absolute atomic E-state index is 5.66. The molecule has 78 valence electrons. The first-order chi connectivity index (χ1) is 7.27. The highest BCUT2D eigenvalue weighted by Crippen LogP contribution is 2.15. The Kier molecular flexibility index (Phi) is 2.77. The van der Waals surface area contributed by atoms with Crippen molar-refractivity contribution in [1.29, 1.82) is 0 Å². The van der Waals surface area contributed by atoms with Gasteiger partial charge < -0.3 is 11.1 Å². The average Bonchev–Trinajstić information content (AvgIpc) is 2.73. The number of rotatable bonds is 3. The lowest BCUT2D eigenvalue weighted by Crippen LogP contribution is -2.06. The summed E-state index contributed by atoms with van der Waals surface area (Å²) in [5.74, 6) is 1.27. The van der Waals surface area contributed by atoms with Crippen molar-refractivity contribution in [1.82, 2.24) is 15.0 Å². The minimum Gasteiger partial charge on any atom is -0.383 e. The molecule has 0 aliphatic rings. The van der Waals surface area contributed by atoms with Crippen LogP contribution in [0.15, 0.2) is 17.2 Å². The van der Waals surface area contributed by atoms with Gasteiger partial charge in [0.2, 0.25) is 0 Å². The fourth-order valence-corrected chi connectivity index (χ4v) is 1.70. The van der Waals surface area contributed by atoms with Crippen LogP contribution in [0.25, 0.3) is 0 Å². The quantitative estimate of drug-likeness (QED) is 0.820. The molecule has 0 saturated carbocycles. The van der Waals surface area contributed by atoms with E-state index in [1.165, 1.54) is 6.33 Å². The van der Waals surface area contributed by atoms with Crippen LogP contribution in [0.3, 0.4) is 0 Å². The Labute approximate surface area is 91.4 Å². The van der Waals surface area contributed by atoms with Crippen LogP contribution in [0.5, 0.6) is 0 Å². The highest BCUT2D eigenvalue weighted by atomic mass is 32.1. The van der Waals surface area contributed by atoms with Crippen LogP contribution in [0, 0.1) is 6.92 Å². The Hall–Kier alpha value is -1.69. The van der Waals surface area contributed by atoms with Gasteiger partial charge in [-0.3, -0.25) is 0 Å². The molecule has 0 atom stereocenters. The molecule has 0 aromatic carbocycles. The van der Waals surface area contributed by atoms with Gasteiger partial charge in [0.25, 0.3) is 0 Å². The molecule has 0 amide bonds. The van der Waals surface area contributed by atoms with E-state index in [1.807, 2.05) is 12.3 Å². The van der Waals surface area contributed by atoms with Gasteiger partial charge in [-0.1, -0.05) is 0 Å². The lowest BCUT2D eigenvalue weighted by atomic mass is 10.3. The van der Waals surface area contributed by atoms with E-state index in [0.717, 1.165) is 17.1 Å². The van der Waals surface area contributed by atoms with E-state index in [4.69, 9.17) is 5.73 Å². The Bertz CT molecular complexity index is 440. The van der Waals surface area contributed by atoms with Crippen molar-refractivity contribution in [2.75, 3.05) is 11.1 Å². The standard InChI is InChI=1S/C9H11N5S/c1-6-8(10)12-4-13-9(6)11-2-7-3-15-5-14-7/h3-5H,2H2,1H3,(H3,10,11,12,13). The minimum absolute atomic E-state index is 0.505. The van der Waals surface area contributed by atoms with E-state index >= 15 is 0 Å². The van der Waals surface area contributed by atoms with Gasteiger partial charge in [0, 0.05) is 10.9 Å². The van der Waals surface area contributed by atoms with Gasteiger partial charge in [0.15, 0.2) is 0 Å². The van der Waals surface area contributed by atoms with Crippen molar-refractivity contribution in [3.8, 4) is 0 Å². The molecule has 0 aliphatic heterocycles. The average molecular weight is 221 g/mol. The first-order valence-electron chi connectivity index (χ1n) is 4.45. The SMILES string of the molecule is Cc1c(N)ncnc1NCc1cscn1. The van der Waals surface area contributed by atoms with Crippen LogP contribution < -0.4 is 11.1 Å². The third kappa shape index (κ3) is 2.21. The van der Waals surface area contributed by atoms with E-state index in [-0.39, 0.29) is 0 Å². The second-order valence-electron chi connectivity index (χ2n) is 3.07. The summed E-state index contributed by atoms with van der Waals surface area (Å²) in [7, 11) is 0. The lowest BCUT2D eigenvalue weighted by molar-refractivity contribution is 1.03. The summed E-state index contributed by atoms with van der Waals surface area (Å²) in [4.78, 5) is 12.2. The first-order valence-corrected chi connectivity index (χ1v) is 5.39. The highest BCUT2D eigenvalue weighted by Gasteiger charge is 2.03. The Balaban J connectivity index is 2.08. The van der Waals surface area contributed by atoms with E-state index in [2.05, 4.69) is 20.3 Å². The molecule has 2 aromatic heterocycles. The zero-order valence-electron chi connectivity index (χ0n) is 8.27. The van der Waals surface area contributed by atoms with E-state index in [9.17, 15) is 0 Å². The molecule has 15 heavy (non-hydrogen) atoms. The smallest absolute Gasteiger partial charge is 0.134 e. The van der Waals surface area contributed by atoms with Gasteiger partial charge in [0.1, 0.15) is 18.0 Å². The second-order valence-corrected chi connectivity index (χ2v) is 3.78. The third-order valence-corrected chi connectivity index (χ3v) is 2.68. The molecule has 0 saturated heterocycles. The van der Waals surface area contributed by atoms with Crippen molar-refractivity contribution < 1.29 is 0 Å². The van der Waals surface area contributed by atoms with E-state index in [0.29, 0.717) is 12.4 Å². The summed E-state index contributed by atoms with van der Waals surface area (Å²) >= 11 is 1.57. The second kappa shape index (κ2) is 4.22. The molecule has 0 bridgehead atoms. The molecular formula is C9H11N5S. The zero-order valence-corrected chi connectivity index (χ0v) is 9.08. The fraction of sp³-hybridized carbons (Fsp3) is 0.222. The molecule has 0 fully saturated rings. The van der Waals surface area contributed by atoms with Crippen LogP contribution in [0.4, 0.5) is 11.6 Å². The van der Waals surface area contributed by atoms with Gasteiger partial charge in [-0.15, -0.1) is 11.3 Å². The van der Waals surface area contributed by atoms with Gasteiger partial charge in [-0.05, 0) is 6.92 Å². The largest absolute Gasteiger partial charge is 0.383 e. The van der Waals surface area contributed by atoms with Crippen LogP contribution in [-0.2, 0) is 6.54 Å². The predicted octanol–water partition coefficient (Wildman–Crippen LogP) is 1.44. The summed E-state index contributed by atoms with van der Waals surface area (Å²) in [5, 5.41) is 5.16.